The molecule has 0 amide bonds. The molecule has 2 aromatic rings. The number of aryl methyl sites for hydroxylation is 1. The van der Waals surface area contributed by atoms with Crippen molar-refractivity contribution in [2.45, 2.75) is 26.4 Å². The summed E-state index contributed by atoms with van der Waals surface area (Å²) in [6.07, 6.45) is 0.435. The number of hydrogen-bond donors (Lipinski definition) is 1. The van der Waals surface area contributed by atoms with Crippen molar-refractivity contribution in [1.29, 1.82) is 0 Å². The van der Waals surface area contributed by atoms with Crippen LogP contribution in [0.3, 0.4) is 0 Å². The van der Waals surface area contributed by atoms with E-state index in [2.05, 4.69) is 13.0 Å². The quantitative estimate of drug-likeness (QED) is 0.875. The largest absolute Gasteiger partial charge is 0.383 e. The molecule has 1 atom stereocenters. The second-order valence-electron chi connectivity index (χ2n) is 4.01. The maximum Gasteiger partial charge on any atom is 0.113 e. The van der Waals surface area contributed by atoms with Gasteiger partial charge in [-0.2, -0.15) is 0 Å². The van der Waals surface area contributed by atoms with Crippen LogP contribution in [0, 0.1) is 6.92 Å². The summed E-state index contributed by atoms with van der Waals surface area (Å²) in [5, 5.41) is 11.1. The molecule has 0 saturated heterocycles. The van der Waals surface area contributed by atoms with Crippen molar-refractivity contribution < 1.29 is 5.11 Å². The van der Waals surface area contributed by atoms with E-state index in [0.29, 0.717) is 5.02 Å². The molecule has 2 rings (SSSR count). The Labute approximate surface area is 111 Å². The van der Waals surface area contributed by atoms with Crippen LogP contribution in [0.2, 0.25) is 5.02 Å². The van der Waals surface area contributed by atoms with Gasteiger partial charge in [0, 0.05) is 14.8 Å². The lowest BCUT2D eigenvalue weighted by Gasteiger charge is -2.13. The van der Waals surface area contributed by atoms with Crippen LogP contribution in [0.1, 0.15) is 33.9 Å². The highest BCUT2D eigenvalue weighted by Crippen LogP contribution is 2.32. The Morgan fingerprint density at radius 2 is 2.06 bits per heavy atom. The van der Waals surface area contributed by atoms with Crippen LogP contribution in [0.5, 0.6) is 0 Å². The predicted molar refractivity (Wildman–Crippen MR) is 73.9 cm³/mol. The van der Waals surface area contributed by atoms with Crippen molar-refractivity contribution in [3.8, 4) is 0 Å². The van der Waals surface area contributed by atoms with E-state index < -0.39 is 6.10 Å². The van der Waals surface area contributed by atoms with Gasteiger partial charge < -0.3 is 5.11 Å². The zero-order valence-corrected chi connectivity index (χ0v) is 11.5. The van der Waals surface area contributed by atoms with E-state index >= 15 is 0 Å². The number of aliphatic hydroxyl groups is 1. The molecule has 0 radical (unpaired) electrons. The summed E-state index contributed by atoms with van der Waals surface area (Å²) in [6, 6.07) is 9.72. The van der Waals surface area contributed by atoms with Gasteiger partial charge in [0.25, 0.3) is 0 Å². The molecule has 0 aliphatic rings. The molecule has 0 saturated carbocycles. The molecule has 0 spiro atoms. The molecular formula is C14H15ClOS. The molecule has 0 bridgehead atoms. The highest BCUT2D eigenvalue weighted by molar-refractivity contribution is 7.12. The van der Waals surface area contributed by atoms with Crippen LogP contribution in [-0.2, 0) is 6.42 Å². The molecule has 1 heterocycles. The van der Waals surface area contributed by atoms with Gasteiger partial charge in [0.1, 0.15) is 6.10 Å². The summed E-state index contributed by atoms with van der Waals surface area (Å²) >= 11 is 7.73. The Hall–Kier alpha value is -0.830. The van der Waals surface area contributed by atoms with Gasteiger partial charge in [0.2, 0.25) is 0 Å². The zero-order chi connectivity index (χ0) is 12.4. The summed E-state index contributed by atoms with van der Waals surface area (Å²) in [5.41, 5.74) is 1.84. The summed E-state index contributed by atoms with van der Waals surface area (Å²) in [4.78, 5) is 2.27. The van der Waals surface area contributed by atoms with Crippen molar-refractivity contribution in [3.63, 3.8) is 0 Å². The fourth-order valence-electron chi connectivity index (χ4n) is 1.81. The maximum absolute atomic E-state index is 10.4. The molecule has 90 valence electrons. The van der Waals surface area contributed by atoms with E-state index in [1.54, 1.807) is 11.3 Å². The Morgan fingerprint density at radius 1 is 1.29 bits per heavy atom. The molecule has 17 heavy (non-hydrogen) atoms. The molecule has 1 aromatic heterocycles. The fourth-order valence-corrected chi connectivity index (χ4v) is 2.94. The van der Waals surface area contributed by atoms with Gasteiger partial charge in [-0.25, -0.2) is 0 Å². The van der Waals surface area contributed by atoms with Crippen LogP contribution in [0.4, 0.5) is 0 Å². The van der Waals surface area contributed by atoms with E-state index in [4.69, 9.17) is 11.6 Å². The number of halogens is 1. The molecule has 0 aliphatic carbocycles. The zero-order valence-electron chi connectivity index (χ0n) is 9.90. The van der Waals surface area contributed by atoms with E-state index in [-0.39, 0.29) is 0 Å². The number of thiophene rings is 1. The smallest absolute Gasteiger partial charge is 0.113 e. The molecular weight excluding hydrogens is 252 g/mol. The Balaban J connectivity index is 2.36. The average molecular weight is 267 g/mol. The second kappa shape index (κ2) is 5.21. The third-order valence-electron chi connectivity index (χ3n) is 2.90. The molecule has 1 N–H and O–H groups in total. The maximum atomic E-state index is 10.4. The lowest BCUT2D eigenvalue weighted by Crippen LogP contribution is -2.00. The Kier molecular flexibility index (Phi) is 3.87. The molecule has 1 unspecified atom stereocenters. The summed E-state index contributed by atoms with van der Waals surface area (Å²) < 4.78 is 0. The molecule has 0 aliphatic heterocycles. The first-order valence-corrected chi connectivity index (χ1v) is 6.84. The minimum Gasteiger partial charge on any atom is -0.383 e. The van der Waals surface area contributed by atoms with Crippen molar-refractivity contribution in [3.05, 3.63) is 56.2 Å². The Morgan fingerprint density at radius 3 is 2.71 bits per heavy atom. The standard InChI is InChI=1S/C14H15ClOS/c1-3-10-7-8-13(17-10)14(16)11-5-4-6-12(15)9(11)2/h4-8,14,16H,3H2,1-2H3. The average Bonchev–Trinajstić information content (AvgIpc) is 2.80. The number of hydrogen-bond acceptors (Lipinski definition) is 2. The van der Waals surface area contributed by atoms with Crippen molar-refractivity contribution >= 4 is 22.9 Å². The van der Waals surface area contributed by atoms with Gasteiger partial charge >= 0.3 is 0 Å². The normalized spacial score (nSPS) is 12.7. The summed E-state index contributed by atoms with van der Waals surface area (Å²) in [5.74, 6) is 0. The van der Waals surface area contributed by atoms with Crippen LogP contribution in [0.15, 0.2) is 30.3 Å². The van der Waals surface area contributed by atoms with Gasteiger partial charge in [-0.05, 0) is 42.7 Å². The minimum atomic E-state index is -0.570. The highest BCUT2D eigenvalue weighted by Gasteiger charge is 2.15. The van der Waals surface area contributed by atoms with Crippen LogP contribution in [0.25, 0.3) is 0 Å². The second-order valence-corrected chi connectivity index (χ2v) is 5.62. The number of rotatable bonds is 3. The van der Waals surface area contributed by atoms with Crippen molar-refractivity contribution in [1.82, 2.24) is 0 Å². The van der Waals surface area contributed by atoms with Crippen LogP contribution >= 0.6 is 22.9 Å². The number of benzene rings is 1. The van der Waals surface area contributed by atoms with Gasteiger partial charge in [-0.1, -0.05) is 30.7 Å². The molecule has 1 aromatic carbocycles. The SMILES string of the molecule is CCc1ccc(C(O)c2cccc(Cl)c2C)s1. The Bertz CT molecular complexity index is 519. The summed E-state index contributed by atoms with van der Waals surface area (Å²) in [6.45, 7) is 4.06. The van der Waals surface area contributed by atoms with Gasteiger partial charge in [-0.3, -0.25) is 0 Å². The number of aliphatic hydroxyl groups excluding tert-OH is 1. The van der Waals surface area contributed by atoms with Crippen molar-refractivity contribution in [2.24, 2.45) is 0 Å². The van der Waals surface area contributed by atoms with Crippen LogP contribution < -0.4 is 0 Å². The van der Waals surface area contributed by atoms with Crippen molar-refractivity contribution in [2.75, 3.05) is 0 Å². The minimum absolute atomic E-state index is 0.570. The van der Waals surface area contributed by atoms with Gasteiger partial charge in [0.15, 0.2) is 0 Å². The van der Waals surface area contributed by atoms with E-state index in [1.165, 1.54) is 4.88 Å². The monoisotopic (exact) mass is 266 g/mol. The third-order valence-corrected chi connectivity index (χ3v) is 4.60. The van der Waals surface area contributed by atoms with E-state index in [9.17, 15) is 5.11 Å². The molecule has 0 fully saturated rings. The lowest BCUT2D eigenvalue weighted by atomic mass is 10.0. The first-order chi connectivity index (χ1) is 8.13. The third kappa shape index (κ3) is 2.54. The topological polar surface area (TPSA) is 20.2 Å². The fraction of sp³-hybridized carbons (Fsp3) is 0.286. The van der Waals surface area contributed by atoms with Gasteiger partial charge in [-0.15, -0.1) is 11.3 Å². The van der Waals surface area contributed by atoms with Crippen LogP contribution in [-0.4, -0.2) is 5.11 Å². The van der Waals surface area contributed by atoms with E-state index in [0.717, 1.165) is 22.4 Å². The van der Waals surface area contributed by atoms with E-state index in [1.807, 2.05) is 31.2 Å². The van der Waals surface area contributed by atoms with Gasteiger partial charge in [0.05, 0.1) is 0 Å². The summed E-state index contributed by atoms with van der Waals surface area (Å²) in [7, 11) is 0. The first kappa shape index (κ1) is 12.6. The predicted octanol–water partition coefficient (Wildman–Crippen LogP) is 4.35. The molecule has 3 heteroatoms. The first-order valence-electron chi connectivity index (χ1n) is 5.65. The lowest BCUT2D eigenvalue weighted by molar-refractivity contribution is 0.223. The molecule has 1 nitrogen and oxygen atoms in total. The highest BCUT2D eigenvalue weighted by atomic mass is 35.5.